The van der Waals surface area contributed by atoms with Crippen molar-refractivity contribution in [2.75, 3.05) is 31.5 Å². The number of benzene rings is 2. The minimum absolute atomic E-state index is 0.0220. The molecule has 9 nitrogen and oxygen atoms in total. The molecule has 1 aliphatic heterocycles. The number of aryl methyl sites for hydroxylation is 1. The van der Waals surface area contributed by atoms with Crippen LogP contribution >= 0.6 is 0 Å². The molecular weight excluding hydrogens is 515 g/mol. The molecule has 212 valence electrons. The van der Waals surface area contributed by atoms with Gasteiger partial charge >= 0.3 is 12.1 Å². The first-order valence-electron chi connectivity index (χ1n) is 12.6. The Bertz CT molecular complexity index is 1360. The van der Waals surface area contributed by atoms with Gasteiger partial charge in [-0.3, -0.25) is 19.4 Å². The third-order valence-corrected chi connectivity index (χ3v) is 7.23. The van der Waals surface area contributed by atoms with Crippen LogP contribution in [-0.4, -0.2) is 81.2 Å². The number of hydrogen-bond donors (Lipinski definition) is 3. The lowest BCUT2D eigenvalue weighted by Gasteiger charge is -2.43. The summed E-state index contributed by atoms with van der Waals surface area (Å²) < 4.78 is 34.0. The average molecular weight is 550 g/mol. The van der Waals surface area contributed by atoms with E-state index in [0.29, 0.717) is 26.2 Å². The molecule has 0 aliphatic carbocycles. The van der Waals surface area contributed by atoms with Crippen LogP contribution in [0.5, 0.6) is 0 Å². The number of nitrogens with zero attached hydrogens (tertiary/aromatic N) is 3. The molecule has 1 saturated heterocycles. The largest absolute Gasteiger partial charge is 0.490 e. The Labute approximate surface area is 224 Å². The maximum atomic E-state index is 13.0. The van der Waals surface area contributed by atoms with Gasteiger partial charge < -0.3 is 20.7 Å². The lowest BCUT2D eigenvalue weighted by molar-refractivity contribution is -0.192. The van der Waals surface area contributed by atoms with Crippen molar-refractivity contribution in [3.05, 3.63) is 42.5 Å². The summed E-state index contributed by atoms with van der Waals surface area (Å²) in [5.74, 6) is -3.10. The van der Waals surface area contributed by atoms with Crippen molar-refractivity contribution in [3.63, 3.8) is 0 Å². The molecule has 2 aromatic carbocycles. The molecule has 0 spiro atoms. The highest BCUT2D eigenvalue weighted by Gasteiger charge is 2.38. The molecule has 1 aliphatic rings. The van der Waals surface area contributed by atoms with E-state index < -0.39 is 17.7 Å². The molecule has 1 unspecified atom stereocenters. The highest BCUT2D eigenvalue weighted by Crippen LogP contribution is 2.31. The smallest absolute Gasteiger partial charge is 0.475 e. The molecular formula is C27H34F3N5O4. The Kier molecular flexibility index (Phi) is 8.91. The summed E-state index contributed by atoms with van der Waals surface area (Å²) in [5, 5.41) is 12.6. The second-order valence-electron chi connectivity index (χ2n) is 9.91. The van der Waals surface area contributed by atoms with E-state index in [4.69, 9.17) is 15.6 Å². The summed E-state index contributed by atoms with van der Waals surface area (Å²) in [6.45, 7) is 11.5. The monoisotopic (exact) mass is 549 g/mol. The predicted octanol–water partition coefficient (Wildman–Crippen LogP) is 3.66. The van der Waals surface area contributed by atoms with E-state index in [-0.39, 0.29) is 17.9 Å². The molecule has 1 fully saturated rings. The second-order valence-corrected chi connectivity index (χ2v) is 9.91. The number of hydrogen-bond acceptors (Lipinski definition) is 5. The van der Waals surface area contributed by atoms with Gasteiger partial charge in [-0.05, 0) is 52.0 Å². The van der Waals surface area contributed by atoms with Crippen molar-refractivity contribution in [1.82, 2.24) is 14.4 Å². The molecule has 0 saturated carbocycles. The van der Waals surface area contributed by atoms with Gasteiger partial charge in [0.05, 0.1) is 11.6 Å². The summed E-state index contributed by atoms with van der Waals surface area (Å²) in [5.41, 5.74) is 8.07. The Balaban J connectivity index is 0.000000532. The summed E-state index contributed by atoms with van der Waals surface area (Å²) >= 11 is 0. The predicted molar refractivity (Wildman–Crippen MR) is 143 cm³/mol. The highest BCUT2D eigenvalue weighted by molar-refractivity contribution is 6.10. The number of fused-ring (bicyclic) bond motifs is 3. The molecule has 39 heavy (non-hydrogen) atoms. The average Bonchev–Trinajstić information content (AvgIpc) is 3.21. The lowest BCUT2D eigenvalue weighted by Crippen LogP contribution is -2.61. The number of nitrogens with one attached hydrogen (secondary N) is 1. The maximum absolute atomic E-state index is 13.0. The first-order valence-corrected chi connectivity index (χ1v) is 12.6. The number of piperazine rings is 1. The maximum Gasteiger partial charge on any atom is 0.490 e. The molecule has 0 radical (unpaired) electrons. The van der Waals surface area contributed by atoms with Crippen molar-refractivity contribution >= 4 is 45.3 Å². The zero-order chi connectivity index (χ0) is 29.1. The van der Waals surface area contributed by atoms with Gasteiger partial charge in [-0.25, -0.2) is 4.79 Å². The number of amides is 2. The van der Waals surface area contributed by atoms with Crippen molar-refractivity contribution < 1.29 is 32.7 Å². The number of halogens is 3. The summed E-state index contributed by atoms with van der Waals surface area (Å²) in [7, 11) is 0. The fraction of sp³-hybridized carbons (Fsp3) is 0.444. The molecule has 12 heteroatoms. The quantitative estimate of drug-likeness (QED) is 0.432. The van der Waals surface area contributed by atoms with E-state index in [1.165, 1.54) is 16.4 Å². The Morgan fingerprint density at radius 3 is 2.10 bits per heavy atom. The Morgan fingerprint density at radius 1 is 1.00 bits per heavy atom. The van der Waals surface area contributed by atoms with E-state index in [1.807, 2.05) is 32.9 Å². The number of carboxylic acid groups (broad SMARTS) is 1. The molecule has 0 bridgehead atoms. The van der Waals surface area contributed by atoms with Crippen molar-refractivity contribution in [1.29, 1.82) is 0 Å². The molecule has 2 heterocycles. The van der Waals surface area contributed by atoms with Crippen LogP contribution in [0.3, 0.4) is 0 Å². The van der Waals surface area contributed by atoms with Gasteiger partial charge in [0.15, 0.2) is 0 Å². The number of nitrogens with two attached hydrogens (primary N) is 1. The van der Waals surface area contributed by atoms with Crippen molar-refractivity contribution in [3.8, 4) is 0 Å². The fourth-order valence-electron chi connectivity index (χ4n) is 4.71. The number of para-hydroxylation sites is 1. The topological polar surface area (TPSA) is 121 Å². The lowest BCUT2D eigenvalue weighted by atomic mass is 10.0. The second kappa shape index (κ2) is 11.6. The summed E-state index contributed by atoms with van der Waals surface area (Å²) in [4.78, 5) is 37.9. The number of carboxylic acids is 1. The van der Waals surface area contributed by atoms with Gasteiger partial charge in [0, 0.05) is 60.2 Å². The standard InChI is InChI=1S/C25H33N5O2.C2HF3O2/c1-5-30-21-9-7-6-8-19(21)20-16-18(10-11-22(20)30)27-23(31)17(2)28-12-14-29(15-13-28)25(3,4)24(26)32;3-2(4,5)1(6)7/h6-11,16-17H,5,12-15H2,1-4H3,(H2,26,32)(H,27,31);(H,6,7). The van der Waals surface area contributed by atoms with Crippen LogP contribution in [0, 0.1) is 0 Å². The molecule has 4 N–H and O–H groups in total. The third kappa shape index (κ3) is 6.51. The first kappa shape index (κ1) is 29.9. The minimum atomic E-state index is -5.08. The number of rotatable bonds is 6. The molecule has 1 atom stereocenters. The normalized spacial score (nSPS) is 16.0. The number of anilines is 1. The number of aliphatic carboxylic acids is 1. The SMILES string of the molecule is CCn1c2ccccc2c2cc(NC(=O)C(C)N3CCN(C(C)(C)C(N)=O)CC3)ccc21.O=C(O)C(F)(F)F. The van der Waals surface area contributed by atoms with Gasteiger partial charge in [0.25, 0.3) is 0 Å². The van der Waals surface area contributed by atoms with Crippen LogP contribution in [0.15, 0.2) is 42.5 Å². The Hall–Kier alpha value is -3.64. The zero-order valence-corrected chi connectivity index (χ0v) is 22.4. The van der Waals surface area contributed by atoms with Crippen LogP contribution in [-0.2, 0) is 20.9 Å². The van der Waals surface area contributed by atoms with E-state index in [9.17, 15) is 22.8 Å². The number of carbonyl (C=O) groups is 3. The van der Waals surface area contributed by atoms with E-state index in [2.05, 4.69) is 56.9 Å². The van der Waals surface area contributed by atoms with Crippen LogP contribution in [0.4, 0.5) is 18.9 Å². The number of carbonyl (C=O) groups excluding carboxylic acids is 2. The van der Waals surface area contributed by atoms with Crippen molar-refractivity contribution in [2.45, 2.75) is 52.0 Å². The van der Waals surface area contributed by atoms with Crippen LogP contribution < -0.4 is 11.1 Å². The number of alkyl halides is 3. The minimum Gasteiger partial charge on any atom is -0.475 e. The Morgan fingerprint density at radius 2 is 1.56 bits per heavy atom. The summed E-state index contributed by atoms with van der Waals surface area (Å²) in [6.07, 6.45) is -5.08. The molecule has 2 amide bonds. The van der Waals surface area contributed by atoms with Crippen LogP contribution in [0.2, 0.25) is 0 Å². The molecule has 4 rings (SSSR count). The van der Waals surface area contributed by atoms with E-state index >= 15 is 0 Å². The van der Waals surface area contributed by atoms with Gasteiger partial charge in [0.2, 0.25) is 11.8 Å². The zero-order valence-electron chi connectivity index (χ0n) is 22.4. The summed E-state index contributed by atoms with van der Waals surface area (Å²) in [6, 6.07) is 14.2. The number of primary amides is 1. The molecule has 1 aromatic heterocycles. The third-order valence-electron chi connectivity index (χ3n) is 7.23. The first-order chi connectivity index (χ1) is 18.2. The highest BCUT2D eigenvalue weighted by atomic mass is 19.4. The van der Waals surface area contributed by atoms with Gasteiger partial charge in [0.1, 0.15) is 0 Å². The van der Waals surface area contributed by atoms with Crippen molar-refractivity contribution in [2.24, 2.45) is 5.73 Å². The van der Waals surface area contributed by atoms with Crippen LogP contribution in [0.1, 0.15) is 27.7 Å². The number of aromatic nitrogens is 1. The molecule has 3 aromatic rings. The van der Waals surface area contributed by atoms with Gasteiger partial charge in [-0.2, -0.15) is 13.2 Å². The van der Waals surface area contributed by atoms with Crippen LogP contribution in [0.25, 0.3) is 21.8 Å². The van der Waals surface area contributed by atoms with Gasteiger partial charge in [-0.1, -0.05) is 18.2 Å². The van der Waals surface area contributed by atoms with E-state index in [1.54, 1.807) is 0 Å². The van der Waals surface area contributed by atoms with E-state index in [0.717, 1.165) is 17.6 Å². The fourth-order valence-corrected chi connectivity index (χ4v) is 4.71. The van der Waals surface area contributed by atoms with Gasteiger partial charge in [-0.15, -0.1) is 0 Å².